The number of nitrogens with zero attached hydrogens (tertiary/aromatic N) is 4. The molecule has 1 heterocycles. The van der Waals surface area contributed by atoms with E-state index in [4.69, 9.17) is 9.26 Å². The zero-order valence-corrected chi connectivity index (χ0v) is 15.4. The normalized spacial score (nSPS) is 10.5. The molecular weight excluding hydrogens is 334 g/mol. The lowest BCUT2D eigenvalue weighted by Crippen LogP contribution is -2.31. The Kier molecular flexibility index (Phi) is 6.55. The first-order chi connectivity index (χ1) is 12.4. The minimum atomic E-state index is -0.340. The van der Waals surface area contributed by atoms with Gasteiger partial charge in [0.15, 0.2) is 5.82 Å². The van der Waals surface area contributed by atoms with Gasteiger partial charge < -0.3 is 19.5 Å². The van der Waals surface area contributed by atoms with Crippen LogP contribution in [0.1, 0.15) is 38.0 Å². The lowest BCUT2D eigenvalue weighted by molar-refractivity contribution is 0.219. The maximum Gasteiger partial charge on any atom is 0.321 e. The van der Waals surface area contributed by atoms with Crippen molar-refractivity contribution in [3.05, 3.63) is 35.5 Å². The van der Waals surface area contributed by atoms with Gasteiger partial charge in [0.25, 0.3) is 0 Å². The van der Waals surface area contributed by atoms with Crippen LogP contribution < -0.4 is 10.1 Å². The highest BCUT2D eigenvalue weighted by atomic mass is 16.5. The Hall–Kier alpha value is -3.08. The summed E-state index contributed by atoms with van der Waals surface area (Å²) in [6.07, 6.45) is 0.700. The average Bonchev–Trinajstić information content (AvgIpc) is 3.02. The van der Waals surface area contributed by atoms with Gasteiger partial charge in [-0.25, -0.2) is 4.79 Å². The Labute approximate surface area is 152 Å². The summed E-state index contributed by atoms with van der Waals surface area (Å²) in [5.74, 6) is 1.92. The van der Waals surface area contributed by atoms with Gasteiger partial charge in [0.1, 0.15) is 11.8 Å². The second kappa shape index (κ2) is 8.85. The van der Waals surface area contributed by atoms with Crippen LogP contribution in [0, 0.1) is 17.2 Å². The fraction of sp³-hybridized carbons (Fsp3) is 0.444. The Balaban J connectivity index is 1.98. The highest BCUT2D eigenvalue weighted by Gasteiger charge is 2.15. The number of hydrogen-bond donors (Lipinski definition) is 1. The summed E-state index contributed by atoms with van der Waals surface area (Å²) < 4.78 is 10.5. The van der Waals surface area contributed by atoms with Crippen molar-refractivity contribution in [1.82, 2.24) is 15.0 Å². The van der Waals surface area contributed by atoms with Gasteiger partial charge in [0, 0.05) is 19.2 Å². The molecule has 2 aromatic rings. The molecule has 0 atom stereocenters. The molecule has 0 bridgehead atoms. The summed E-state index contributed by atoms with van der Waals surface area (Å²) in [5, 5.41) is 15.8. The summed E-state index contributed by atoms with van der Waals surface area (Å²) in [7, 11) is 1.63. The summed E-state index contributed by atoms with van der Waals surface area (Å²) >= 11 is 0. The molecule has 0 fully saturated rings. The number of nitriles is 1. The summed E-state index contributed by atoms with van der Waals surface area (Å²) in [5.41, 5.74) is 0.874. The van der Waals surface area contributed by atoms with Crippen LogP contribution in [0.5, 0.6) is 5.75 Å². The van der Waals surface area contributed by atoms with Crippen molar-refractivity contribution >= 4 is 11.7 Å². The number of hydrogen-bond acceptors (Lipinski definition) is 6. The molecule has 0 saturated carbocycles. The van der Waals surface area contributed by atoms with E-state index >= 15 is 0 Å². The first-order valence-electron chi connectivity index (χ1n) is 8.43. The van der Waals surface area contributed by atoms with Crippen LogP contribution >= 0.6 is 0 Å². The molecule has 0 aliphatic rings. The zero-order chi connectivity index (χ0) is 19.1. The average molecular weight is 357 g/mol. The topological polar surface area (TPSA) is 104 Å². The number of amides is 2. The fourth-order valence-electron chi connectivity index (χ4n) is 2.27. The molecule has 0 spiro atoms. The van der Waals surface area contributed by atoms with Gasteiger partial charge >= 0.3 is 6.03 Å². The van der Waals surface area contributed by atoms with Crippen molar-refractivity contribution in [2.75, 3.05) is 19.0 Å². The predicted octanol–water partition coefficient (Wildman–Crippen LogP) is 3.20. The molecule has 0 saturated heterocycles. The van der Waals surface area contributed by atoms with E-state index in [1.54, 1.807) is 25.2 Å². The smallest absolute Gasteiger partial charge is 0.321 e. The molecule has 0 unspecified atom stereocenters. The molecule has 8 heteroatoms. The Morgan fingerprint density at radius 1 is 1.46 bits per heavy atom. The van der Waals surface area contributed by atoms with E-state index in [1.165, 1.54) is 4.90 Å². The third-order valence-corrected chi connectivity index (χ3v) is 3.47. The maximum absolute atomic E-state index is 12.3. The molecule has 1 aromatic heterocycles. The lowest BCUT2D eigenvalue weighted by Gasteiger charge is -2.16. The van der Waals surface area contributed by atoms with E-state index in [9.17, 15) is 10.1 Å². The predicted molar refractivity (Wildman–Crippen MR) is 95.7 cm³/mol. The van der Waals surface area contributed by atoms with Crippen LogP contribution in [-0.2, 0) is 13.0 Å². The van der Waals surface area contributed by atoms with Gasteiger partial charge in [-0.3, -0.25) is 0 Å². The molecule has 0 radical (unpaired) electrons. The number of aromatic nitrogens is 2. The first kappa shape index (κ1) is 19.2. The molecule has 138 valence electrons. The minimum absolute atomic E-state index is 0.218. The van der Waals surface area contributed by atoms with Gasteiger partial charge in [-0.2, -0.15) is 10.2 Å². The quantitative estimate of drug-likeness (QED) is 0.816. The number of ether oxygens (including phenoxy) is 1. The van der Waals surface area contributed by atoms with Crippen LogP contribution in [0.2, 0.25) is 0 Å². The maximum atomic E-state index is 12.3. The van der Waals surface area contributed by atoms with E-state index in [2.05, 4.69) is 35.4 Å². The molecule has 1 N–H and O–H groups in total. The first-order valence-corrected chi connectivity index (χ1v) is 8.43. The summed E-state index contributed by atoms with van der Waals surface area (Å²) in [6, 6.07) is 6.64. The molecule has 26 heavy (non-hydrogen) atoms. The Morgan fingerprint density at radius 2 is 2.23 bits per heavy atom. The number of nitrogens with one attached hydrogen (secondary N) is 1. The van der Waals surface area contributed by atoms with Crippen molar-refractivity contribution < 1.29 is 14.1 Å². The third kappa shape index (κ3) is 5.21. The molecule has 1 aromatic carbocycles. The number of carbonyl (C=O) groups is 1. The molecule has 8 nitrogen and oxygen atoms in total. The van der Waals surface area contributed by atoms with E-state index < -0.39 is 0 Å². The number of benzene rings is 1. The van der Waals surface area contributed by atoms with Gasteiger partial charge in [-0.05, 0) is 31.0 Å². The summed E-state index contributed by atoms with van der Waals surface area (Å²) in [4.78, 5) is 18.0. The van der Waals surface area contributed by atoms with Gasteiger partial charge in [-0.15, -0.1) is 0 Å². The largest absolute Gasteiger partial charge is 0.492 e. The van der Waals surface area contributed by atoms with Crippen molar-refractivity contribution in [2.24, 2.45) is 5.92 Å². The Morgan fingerprint density at radius 3 is 2.88 bits per heavy atom. The number of rotatable bonds is 7. The highest BCUT2D eigenvalue weighted by Crippen LogP contribution is 2.22. The van der Waals surface area contributed by atoms with Crippen molar-refractivity contribution in [3.63, 3.8) is 0 Å². The van der Waals surface area contributed by atoms with E-state index in [1.807, 2.05) is 6.92 Å². The number of carbonyl (C=O) groups excluding carboxylic acids is 1. The van der Waals surface area contributed by atoms with Crippen LogP contribution in [-0.4, -0.2) is 34.7 Å². The fourth-order valence-corrected chi connectivity index (χ4v) is 2.27. The molecule has 2 amide bonds. The Bertz CT molecular complexity index is 794. The second-order valence-corrected chi connectivity index (χ2v) is 6.24. The number of urea groups is 1. The van der Waals surface area contributed by atoms with Gasteiger partial charge in [0.2, 0.25) is 5.89 Å². The van der Waals surface area contributed by atoms with Crippen LogP contribution in [0.25, 0.3) is 0 Å². The van der Waals surface area contributed by atoms with Crippen molar-refractivity contribution in [1.29, 1.82) is 5.26 Å². The van der Waals surface area contributed by atoms with Crippen LogP contribution in [0.15, 0.2) is 22.7 Å². The highest BCUT2D eigenvalue weighted by molar-refractivity contribution is 5.89. The van der Waals surface area contributed by atoms with E-state index in [0.29, 0.717) is 47.7 Å². The molecule has 0 aliphatic carbocycles. The number of anilines is 1. The van der Waals surface area contributed by atoms with Gasteiger partial charge in [-0.1, -0.05) is 19.0 Å². The standard InChI is InChI=1S/C18H23N5O3/c1-5-25-15-7-6-14(9-13(15)10-19)20-18(24)23(4)11-16-21-17(26-22-16)8-12(2)3/h6-7,9,12H,5,8,11H2,1-4H3,(H,20,24). The summed E-state index contributed by atoms with van der Waals surface area (Å²) in [6.45, 7) is 6.66. The minimum Gasteiger partial charge on any atom is -0.492 e. The van der Waals surface area contributed by atoms with E-state index in [0.717, 1.165) is 0 Å². The molecule has 2 rings (SSSR count). The SMILES string of the molecule is CCOc1ccc(NC(=O)N(C)Cc2noc(CC(C)C)n2)cc1C#N. The van der Waals surface area contributed by atoms with Crippen molar-refractivity contribution in [2.45, 2.75) is 33.7 Å². The third-order valence-electron chi connectivity index (χ3n) is 3.47. The van der Waals surface area contributed by atoms with Crippen LogP contribution in [0.4, 0.5) is 10.5 Å². The monoisotopic (exact) mass is 357 g/mol. The lowest BCUT2D eigenvalue weighted by atomic mass is 10.1. The van der Waals surface area contributed by atoms with Crippen LogP contribution in [0.3, 0.4) is 0 Å². The van der Waals surface area contributed by atoms with E-state index in [-0.39, 0.29) is 12.6 Å². The molecular formula is C18H23N5O3. The van der Waals surface area contributed by atoms with Crippen molar-refractivity contribution in [3.8, 4) is 11.8 Å². The zero-order valence-electron chi connectivity index (χ0n) is 15.4. The molecule has 0 aliphatic heterocycles. The van der Waals surface area contributed by atoms with Gasteiger partial charge in [0.05, 0.1) is 18.7 Å². The second-order valence-electron chi connectivity index (χ2n) is 6.24.